The molecule has 0 atom stereocenters. The van der Waals surface area contributed by atoms with Crippen LogP contribution in [-0.2, 0) is 19.4 Å². The van der Waals surface area contributed by atoms with E-state index < -0.39 is 21.4 Å². The Kier molecular flexibility index (Phi) is 6.09. The predicted octanol–water partition coefficient (Wildman–Crippen LogP) is 3.67. The summed E-state index contributed by atoms with van der Waals surface area (Å²) in [5, 5.41) is 3.23. The predicted molar refractivity (Wildman–Crippen MR) is 124 cm³/mol. The van der Waals surface area contributed by atoms with Crippen molar-refractivity contribution in [2.45, 2.75) is 42.7 Å². The number of halogens is 1. The lowest BCUT2D eigenvalue weighted by Gasteiger charge is -2.38. The van der Waals surface area contributed by atoms with Crippen LogP contribution in [-0.4, -0.2) is 49.3 Å². The number of anilines is 1. The van der Waals surface area contributed by atoms with Gasteiger partial charge < -0.3 is 10.2 Å². The molecule has 168 valence electrons. The van der Waals surface area contributed by atoms with Crippen LogP contribution < -0.4 is 5.32 Å². The van der Waals surface area contributed by atoms with Crippen LogP contribution in [0.2, 0.25) is 5.02 Å². The molecule has 0 unspecified atom stereocenters. The molecular weight excluding hydrogens is 450 g/mol. The lowest BCUT2D eigenvalue weighted by Crippen LogP contribution is -2.51. The molecule has 1 aliphatic carbocycles. The molecule has 0 saturated heterocycles. The molecule has 1 aliphatic heterocycles. The number of carbonyl (C=O) groups excluding carboxylic acids is 2. The Morgan fingerprint density at radius 1 is 1.09 bits per heavy atom. The molecule has 9 heteroatoms. The fourth-order valence-electron chi connectivity index (χ4n) is 4.37. The van der Waals surface area contributed by atoms with Gasteiger partial charge in [-0.1, -0.05) is 42.3 Å². The van der Waals surface area contributed by atoms with Gasteiger partial charge in [0.05, 0.1) is 10.6 Å². The Balaban J connectivity index is 1.61. The molecule has 32 heavy (non-hydrogen) atoms. The second kappa shape index (κ2) is 8.67. The summed E-state index contributed by atoms with van der Waals surface area (Å²) in [6.45, 7) is -0.211. The van der Waals surface area contributed by atoms with E-state index in [1.165, 1.54) is 17.0 Å². The van der Waals surface area contributed by atoms with Gasteiger partial charge in [-0.15, -0.1) is 0 Å². The third kappa shape index (κ3) is 4.42. The molecule has 1 heterocycles. The van der Waals surface area contributed by atoms with Crippen molar-refractivity contribution in [2.24, 2.45) is 4.99 Å². The molecule has 2 aromatic carbocycles. The number of carbonyl (C=O) groups is 2. The molecule has 1 saturated carbocycles. The van der Waals surface area contributed by atoms with Gasteiger partial charge in [-0.25, -0.2) is 8.42 Å². The fourth-order valence-corrected chi connectivity index (χ4v) is 5.34. The number of rotatable bonds is 5. The SMILES string of the molecule is CS(=O)(=O)c1ccccc1NC(=O)CN1C(=O)C(c2ccc(Cl)cc2)=NC12CCCCC2. The summed E-state index contributed by atoms with van der Waals surface area (Å²) in [5.74, 6) is -0.771. The minimum Gasteiger partial charge on any atom is -0.323 e. The van der Waals surface area contributed by atoms with E-state index in [1.54, 1.807) is 36.4 Å². The topological polar surface area (TPSA) is 95.9 Å². The normalized spacial score (nSPS) is 18.0. The number of hydrogen-bond acceptors (Lipinski definition) is 5. The lowest BCUT2D eigenvalue weighted by atomic mass is 9.88. The maximum absolute atomic E-state index is 13.4. The first-order valence-electron chi connectivity index (χ1n) is 10.5. The van der Waals surface area contributed by atoms with Crippen molar-refractivity contribution >= 4 is 44.7 Å². The molecule has 0 radical (unpaired) electrons. The minimum absolute atomic E-state index is 0.0339. The van der Waals surface area contributed by atoms with Crippen LogP contribution in [0.4, 0.5) is 5.69 Å². The monoisotopic (exact) mass is 473 g/mol. The molecule has 2 aromatic rings. The van der Waals surface area contributed by atoms with Gasteiger partial charge in [0.25, 0.3) is 5.91 Å². The number of hydrogen-bond donors (Lipinski definition) is 1. The first-order chi connectivity index (χ1) is 15.2. The summed E-state index contributed by atoms with van der Waals surface area (Å²) in [6.07, 6.45) is 5.35. The molecule has 4 rings (SSSR count). The highest BCUT2D eigenvalue weighted by atomic mass is 35.5. The average Bonchev–Trinajstić information content (AvgIpc) is 3.00. The second-order valence-corrected chi connectivity index (χ2v) is 10.6. The van der Waals surface area contributed by atoms with Gasteiger partial charge >= 0.3 is 0 Å². The van der Waals surface area contributed by atoms with Gasteiger partial charge in [0.2, 0.25) is 5.91 Å². The molecule has 0 bridgehead atoms. The zero-order valence-corrected chi connectivity index (χ0v) is 19.2. The highest BCUT2D eigenvalue weighted by Gasteiger charge is 2.48. The number of amides is 2. The Morgan fingerprint density at radius 3 is 2.41 bits per heavy atom. The summed E-state index contributed by atoms with van der Waals surface area (Å²) in [4.78, 5) is 32.7. The van der Waals surface area contributed by atoms with E-state index in [0.717, 1.165) is 25.5 Å². The van der Waals surface area contributed by atoms with Crippen molar-refractivity contribution in [3.63, 3.8) is 0 Å². The smallest absolute Gasteiger partial charge is 0.275 e. The Hall–Kier alpha value is -2.71. The fraction of sp³-hybridized carbons (Fsp3) is 0.348. The van der Waals surface area contributed by atoms with Crippen LogP contribution in [0, 0.1) is 0 Å². The largest absolute Gasteiger partial charge is 0.323 e. The summed E-state index contributed by atoms with van der Waals surface area (Å²) in [7, 11) is -3.52. The quantitative estimate of drug-likeness (QED) is 0.716. The van der Waals surface area contributed by atoms with Crippen LogP contribution in [0.5, 0.6) is 0 Å². The van der Waals surface area contributed by atoms with Crippen molar-refractivity contribution in [3.8, 4) is 0 Å². The number of sulfone groups is 1. The van der Waals surface area contributed by atoms with Crippen molar-refractivity contribution in [3.05, 3.63) is 59.1 Å². The standard InChI is InChI=1S/C23H24ClN3O4S/c1-32(30,31)19-8-4-3-7-18(19)25-20(28)15-27-22(29)21(16-9-11-17(24)12-10-16)26-23(27)13-5-2-6-14-23/h3-4,7-12H,2,5-6,13-15H2,1H3,(H,25,28). The van der Waals surface area contributed by atoms with Crippen LogP contribution in [0.1, 0.15) is 37.7 Å². The van der Waals surface area contributed by atoms with Crippen LogP contribution in [0.25, 0.3) is 0 Å². The highest BCUT2D eigenvalue weighted by molar-refractivity contribution is 7.90. The van der Waals surface area contributed by atoms with Crippen molar-refractivity contribution in [2.75, 3.05) is 18.1 Å². The Labute approximate surface area is 192 Å². The third-order valence-electron chi connectivity index (χ3n) is 5.90. The van der Waals surface area contributed by atoms with Gasteiger partial charge in [0, 0.05) is 16.8 Å². The van der Waals surface area contributed by atoms with Crippen molar-refractivity contribution in [1.29, 1.82) is 0 Å². The van der Waals surface area contributed by atoms with Crippen LogP contribution in [0.15, 0.2) is 58.4 Å². The van der Waals surface area contributed by atoms with E-state index in [1.807, 2.05) is 0 Å². The van der Waals surface area contributed by atoms with E-state index in [9.17, 15) is 18.0 Å². The molecule has 1 N–H and O–H groups in total. The Morgan fingerprint density at radius 2 is 1.75 bits per heavy atom. The molecule has 1 fully saturated rings. The molecule has 2 aliphatic rings. The average molecular weight is 474 g/mol. The third-order valence-corrected chi connectivity index (χ3v) is 7.31. The van der Waals surface area contributed by atoms with Gasteiger partial charge in [0.15, 0.2) is 9.84 Å². The van der Waals surface area contributed by atoms with E-state index in [4.69, 9.17) is 16.6 Å². The zero-order valence-electron chi connectivity index (χ0n) is 17.7. The minimum atomic E-state index is -3.52. The van der Waals surface area contributed by atoms with Gasteiger partial charge in [-0.3, -0.25) is 14.6 Å². The van der Waals surface area contributed by atoms with E-state index in [-0.39, 0.29) is 23.0 Å². The second-order valence-electron chi connectivity index (χ2n) is 8.22. The molecular formula is C23H24ClN3O4S. The summed E-state index contributed by atoms with van der Waals surface area (Å²) in [6, 6.07) is 13.1. The van der Waals surface area contributed by atoms with Crippen molar-refractivity contribution in [1.82, 2.24) is 4.90 Å². The van der Waals surface area contributed by atoms with E-state index in [0.29, 0.717) is 29.1 Å². The van der Waals surface area contributed by atoms with E-state index in [2.05, 4.69) is 5.32 Å². The number of nitrogens with one attached hydrogen (secondary N) is 1. The van der Waals surface area contributed by atoms with Crippen molar-refractivity contribution < 1.29 is 18.0 Å². The molecule has 7 nitrogen and oxygen atoms in total. The summed E-state index contributed by atoms with van der Waals surface area (Å²) >= 11 is 5.99. The molecule has 0 aromatic heterocycles. The number of benzene rings is 2. The lowest BCUT2D eigenvalue weighted by molar-refractivity contribution is -0.134. The number of nitrogens with zero attached hydrogens (tertiary/aromatic N) is 2. The number of aliphatic imine (C=N–C) groups is 1. The Bertz CT molecular complexity index is 1190. The van der Waals surface area contributed by atoms with Gasteiger partial charge in [-0.2, -0.15) is 0 Å². The maximum Gasteiger partial charge on any atom is 0.275 e. The summed E-state index contributed by atoms with van der Waals surface area (Å²) in [5.41, 5.74) is 0.434. The first kappa shape index (κ1) is 22.5. The van der Waals surface area contributed by atoms with Crippen LogP contribution in [0.3, 0.4) is 0 Å². The zero-order chi connectivity index (χ0) is 22.9. The van der Waals surface area contributed by atoms with Gasteiger partial charge in [-0.05, 0) is 49.9 Å². The summed E-state index contributed by atoms with van der Waals surface area (Å²) < 4.78 is 24.1. The van der Waals surface area contributed by atoms with Crippen LogP contribution >= 0.6 is 11.6 Å². The van der Waals surface area contributed by atoms with E-state index >= 15 is 0 Å². The van der Waals surface area contributed by atoms with Gasteiger partial charge in [0.1, 0.15) is 17.9 Å². The number of para-hydroxylation sites is 1. The highest BCUT2D eigenvalue weighted by Crippen LogP contribution is 2.39. The molecule has 1 spiro atoms. The maximum atomic E-state index is 13.4. The molecule has 2 amide bonds. The first-order valence-corrected chi connectivity index (χ1v) is 12.7.